The van der Waals surface area contributed by atoms with E-state index in [4.69, 9.17) is 0 Å². The lowest BCUT2D eigenvalue weighted by atomic mass is 9.73. The average molecular weight is 421 g/mol. The Hall–Kier alpha value is -1.56. The number of hydrogen-bond acceptors (Lipinski definition) is 0. The molecule has 172 valence electrons. The second-order valence-electron chi connectivity index (χ2n) is 13.8. The lowest BCUT2D eigenvalue weighted by Crippen LogP contribution is -2.21. The van der Waals surface area contributed by atoms with Crippen molar-refractivity contribution in [1.82, 2.24) is 0 Å². The van der Waals surface area contributed by atoms with Crippen molar-refractivity contribution in [2.75, 3.05) is 0 Å². The van der Waals surface area contributed by atoms with Gasteiger partial charge in [-0.3, -0.25) is 0 Å². The Labute approximate surface area is 193 Å². The van der Waals surface area contributed by atoms with Crippen LogP contribution in [0.15, 0.2) is 36.4 Å². The highest BCUT2D eigenvalue weighted by molar-refractivity contribution is 5.44. The van der Waals surface area contributed by atoms with Crippen LogP contribution < -0.4 is 0 Å². The average Bonchev–Trinajstić information content (AvgIpc) is 2.58. The first-order valence-electron chi connectivity index (χ1n) is 12.1. The van der Waals surface area contributed by atoms with Crippen molar-refractivity contribution in [3.63, 3.8) is 0 Å². The van der Waals surface area contributed by atoms with Crippen LogP contribution in [0.25, 0.3) is 0 Å². The highest BCUT2D eigenvalue weighted by Gasteiger charge is 2.27. The van der Waals surface area contributed by atoms with Gasteiger partial charge in [-0.25, -0.2) is 0 Å². The maximum absolute atomic E-state index is 2.47. The van der Waals surface area contributed by atoms with E-state index in [0.29, 0.717) is 5.92 Å². The van der Waals surface area contributed by atoms with Crippen molar-refractivity contribution in [3.8, 4) is 0 Å². The molecule has 0 radical (unpaired) electrons. The fourth-order valence-corrected chi connectivity index (χ4v) is 4.46. The summed E-state index contributed by atoms with van der Waals surface area (Å²) in [6.07, 6.45) is 1.08. The van der Waals surface area contributed by atoms with Crippen molar-refractivity contribution < 1.29 is 0 Å². The van der Waals surface area contributed by atoms with Gasteiger partial charge < -0.3 is 0 Å². The Morgan fingerprint density at radius 3 is 1.39 bits per heavy atom. The van der Waals surface area contributed by atoms with Gasteiger partial charge in [0, 0.05) is 0 Å². The van der Waals surface area contributed by atoms with Gasteiger partial charge in [0.1, 0.15) is 0 Å². The Balaban J connectivity index is 2.54. The molecular formula is C31H48. The third kappa shape index (κ3) is 6.24. The molecule has 0 spiro atoms. The van der Waals surface area contributed by atoms with Crippen molar-refractivity contribution in [1.29, 1.82) is 0 Å². The summed E-state index contributed by atoms with van der Waals surface area (Å²) in [4.78, 5) is 0. The molecular weight excluding hydrogens is 372 g/mol. The maximum Gasteiger partial charge on any atom is -0.0129 e. The van der Waals surface area contributed by atoms with Gasteiger partial charge in [-0.05, 0) is 67.4 Å². The highest BCUT2D eigenvalue weighted by Crippen LogP contribution is 2.38. The van der Waals surface area contributed by atoms with Gasteiger partial charge in [-0.1, -0.05) is 126 Å². The van der Waals surface area contributed by atoms with E-state index in [1.165, 1.54) is 33.4 Å². The molecule has 0 nitrogen and oxygen atoms in total. The fraction of sp³-hybridized carbons (Fsp3) is 0.613. The van der Waals surface area contributed by atoms with E-state index in [-0.39, 0.29) is 21.7 Å². The first-order valence-corrected chi connectivity index (χ1v) is 12.1. The molecule has 0 amide bonds. The van der Waals surface area contributed by atoms with Gasteiger partial charge in [0.25, 0.3) is 0 Å². The van der Waals surface area contributed by atoms with Crippen LogP contribution in [0, 0.1) is 0 Å². The molecule has 0 aliphatic heterocycles. The first kappa shape index (κ1) is 25.7. The molecule has 0 heteroatoms. The van der Waals surface area contributed by atoms with Gasteiger partial charge in [0.15, 0.2) is 0 Å². The molecule has 0 heterocycles. The summed E-state index contributed by atoms with van der Waals surface area (Å²) >= 11 is 0. The number of rotatable bonds is 3. The minimum atomic E-state index is 0.133. The third-order valence-corrected chi connectivity index (χ3v) is 6.57. The van der Waals surface area contributed by atoms with Crippen LogP contribution in [-0.2, 0) is 28.1 Å². The molecule has 0 saturated heterocycles. The summed E-state index contributed by atoms with van der Waals surface area (Å²) in [5.41, 5.74) is 9.46. The Morgan fingerprint density at radius 1 is 0.548 bits per heavy atom. The summed E-state index contributed by atoms with van der Waals surface area (Å²) in [6.45, 7) is 30.4. The van der Waals surface area contributed by atoms with Crippen LogP contribution in [0.5, 0.6) is 0 Å². The van der Waals surface area contributed by atoms with Crippen LogP contribution >= 0.6 is 0 Å². The predicted molar refractivity (Wildman–Crippen MR) is 140 cm³/mol. The molecule has 2 aromatic rings. The zero-order valence-electron chi connectivity index (χ0n) is 22.7. The SMILES string of the molecule is CC(Cc1ccc(C(C)(C)C)cc1C(C)(C)C)c1ccc(C(C)(C)C)cc1C(C)(C)C. The molecule has 1 atom stereocenters. The van der Waals surface area contributed by atoms with Crippen LogP contribution in [0.4, 0.5) is 0 Å². The van der Waals surface area contributed by atoms with E-state index in [1.54, 1.807) is 0 Å². The number of benzene rings is 2. The van der Waals surface area contributed by atoms with Gasteiger partial charge in [-0.15, -0.1) is 0 Å². The van der Waals surface area contributed by atoms with Crippen molar-refractivity contribution in [3.05, 3.63) is 69.8 Å². The molecule has 0 aliphatic rings. The molecule has 31 heavy (non-hydrogen) atoms. The third-order valence-electron chi connectivity index (χ3n) is 6.57. The smallest absolute Gasteiger partial charge is 0.0129 e. The van der Waals surface area contributed by atoms with Crippen molar-refractivity contribution in [2.45, 2.75) is 124 Å². The normalized spacial score (nSPS) is 14.6. The van der Waals surface area contributed by atoms with E-state index < -0.39 is 0 Å². The summed E-state index contributed by atoms with van der Waals surface area (Å²) < 4.78 is 0. The second kappa shape index (κ2) is 8.42. The molecule has 2 aromatic carbocycles. The molecule has 0 aromatic heterocycles. The lowest BCUT2D eigenvalue weighted by Gasteiger charge is -2.31. The largest absolute Gasteiger partial charge is 0.0584 e. The monoisotopic (exact) mass is 420 g/mol. The zero-order chi connectivity index (χ0) is 24.0. The van der Waals surface area contributed by atoms with Gasteiger partial charge in [0.2, 0.25) is 0 Å². The Kier molecular flexibility index (Phi) is 6.98. The molecule has 2 rings (SSSR count). The van der Waals surface area contributed by atoms with Crippen molar-refractivity contribution in [2.24, 2.45) is 0 Å². The summed E-state index contributed by atoms with van der Waals surface area (Å²) in [5, 5.41) is 0. The minimum Gasteiger partial charge on any atom is -0.0584 e. The maximum atomic E-state index is 2.47. The standard InChI is InChI=1S/C31H48/c1-21(25-17-16-24(29(5,6)7)20-27(25)31(11,12)13)18-22-14-15-23(28(2,3)4)19-26(22)30(8,9)10/h14-17,19-21H,18H2,1-13H3. The van der Waals surface area contributed by atoms with Crippen LogP contribution in [0.3, 0.4) is 0 Å². The molecule has 1 unspecified atom stereocenters. The van der Waals surface area contributed by atoms with E-state index in [0.717, 1.165) is 6.42 Å². The minimum absolute atomic E-state index is 0.133. The second-order valence-corrected chi connectivity index (χ2v) is 13.8. The van der Waals surface area contributed by atoms with E-state index in [2.05, 4.69) is 126 Å². The Morgan fingerprint density at radius 2 is 0.968 bits per heavy atom. The van der Waals surface area contributed by atoms with Crippen molar-refractivity contribution >= 4 is 0 Å². The van der Waals surface area contributed by atoms with Gasteiger partial charge in [0.05, 0.1) is 0 Å². The summed E-state index contributed by atoms with van der Waals surface area (Å²) in [6, 6.07) is 14.5. The molecule has 0 aliphatic carbocycles. The van der Waals surface area contributed by atoms with Gasteiger partial charge in [-0.2, -0.15) is 0 Å². The molecule has 0 N–H and O–H groups in total. The number of hydrogen-bond donors (Lipinski definition) is 0. The van der Waals surface area contributed by atoms with E-state index in [9.17, 15) is 0 Å². The Bertz CT molecular complexity index is 899. The van der Waals surface area contributed by atoms with E-state index >= 15 is 0 Å². The first-order chi connectivity index (χ1) is 13.8. The zero-order valence-corrected chi connectivity index (χ0v) is 22.7. The topological polar surface area (TPSA) is 0 Å². The lowest BCUT2D eigenvalue weighted by molar-refractivity contribution is 0.549. The predicted octanol–water partition coefficient (Wildman–Crippen LogP) is 9.22. The van der Waals surface area contributed by atoms with Crippen LogP contribution in [-0.4, -0.2) is 0 Å². The quantitative estimate of drug-likeness (QED) is 0.464. The fourth-order valence-electron chi connectivity index (χ4n) is 4.46. The van der Waals surface area contributed by atoms with Crippen LogP contribution in [0.2, 0.25) is 0 Å². The highest BCUT2D eigenvalue weighted by atomic mass is 14.3. The van der Waals surface area contributed by atoms with Gasteiger partial charge >= 0.3 is 0 Å². The van der Waals surface area contributed by atoms with E-state index in [1.807, 2.05) is 0 Å². The van der Waals surface area contributed by atoms with Crippen LogP contribution in [0.1, 0.15) is 129 Å². The summed E-state index contributed by atoms with van der Waals surface area (Å²) in [5.74, 6) is 0.477. The summed E-state index contributed by atoms with van der Waals surface area (Å²) in [7, 11) is 0. The molecule has 0 saturated carbocycles. The molecule has 0 bridgehead atoms. The molecule has 0 fully saturated rings.